The molecule has 0 aromatic heterocycles. The Labute approximate surface area is 149 Å². The topological polar surface area (TPSA) is 111 Å². The van der Waals surface area contributed by atoms with Gasteiger partial charge in [0.1, 0.15) is 10.6 Å². The number of hydrogen-bond donors (Lipinski definition) is 3. The number of nitrogens with one attached hydrogen (secondary N) is 2. The predicted molar refractivity (Wildman–Crippen MR) is 96.1 cm³/mol. The molecule has 2 rings (SSSR count). The molecule has 1 saturated carbocycles. The lowest BCUT2D eigenvalue weighted by Crippen LogP contribution is -2.40. The van der Waals surface area contributed by atoms with Crippen molar-refractivity contribution in [1.29, 1.82) is 0 Å². The van der Waals surface area contributed by atoms with Crippen LogP contribution in [0.15, 0.2) is 23.1 Å². The smallest absolute Gasteiger partial charge is 0.251 e. The lowest BCUT2D eigenvalue weighted by molar-refractivity contribution is 0.0928. The number of carbonyl (C=O) groups excluding carboxylic acids is 1. The van der Waals surface area contributed by atoms with Crippen molar-refractivity contribution in [2.24, 2.45) is 11.7 Å². The minimum atomic E-state index is -3.78. The molecule has 8 heteroatoms. The molecular weight excluding hydrogens is 342 g/mol. The first-order chi connectivity index (χ1) is 11.8. The number of methoxy groups -OCH3 is 1. The number of nitrogens with two attached hydrogens (primary N) is 1. The molecule has 2 unspecified atom stereocenters. The van der Waals surface area contributed by atoms with E-state index in [0.29, 0.717) is 6.54 Å². The van der Waals surface area contributed by atoms with E-state index < -0.39 is 10.0 Å². The summed E-state index contributed by atoms with van der Waals surface area (Å²) in [5.41, 5.74) is 6.03. The second-order valence-electron chi connectivity index (χ2n) is 6.65. The van der Waals surface area contributed by atoms with Crippen LogP contribution in [-0.2, 0) is 10.0 Å². The zero-order valence-corrected chi connectivity index (χ0v) is 15.7. The monoisotopic (exact) mass is 369 g/mol. The minimum Gasteiger partial charge on any atom is -0.495 e. The summed E-state index contributed by atoms with van der Waals surface area (Å²) in [5.74, 6) is 0.174. The van der Waals surface area contributed by atoms with Gasteiger partial charge < -0.3 is 15.8 Å². The summed E-state index contributed by atoms with van der Waals surface area (Å²) in [6, 6.07) is 4.18. The Morgan fingerprint density at radius 2 is 2.08 bits per heavy atom. The number of rotatable bonds is 7. The van der Waals surface area contributed by atoms with Gasteiger partial charge in [-0.05, 0) is 57.4 Å². The summed E-state index contributed by atoms with van der Waals surface area (Å²) in [7, 11) is -2.38. The molecule has 1 aliphatic rings. The summed E-state index contributed by atoms with van der Waals surface area (Å²) in [5, 5.41) is 2.98. The minimum absolute atomic E-state index is 0.0356. The van der Waals surface area contributed by atoms with Gasteiger partial charge in [0.05, 0.1) is 7.11 Å². The lowest BCUT2D eigenvalue weighted by Gasteiger charge is -2.20. The number of ether oxygens (including phenoxy) is 1. The molecule has 0 radical (unpaired) electrons. The molecule has 0 heterocycles. The predicted octanol–water partition coefficient (Wildman–Crippen LogP) is 1.24. The third-order valence-corrected chi connectivity index (χ3v) is 6.06. The standard InChI is InChI=1S/C17H27N3O4S/c1-11(2)20-25(22,23)16-9-12(7-8-15(16)24-3)17(21)19-14-6-4-5-13(14)10-18/h7-9,11,13-14,20H,4-6,10,18H2,1-3H3,(H,19,21). The number of amides is 1. The van der Waals surface area contributed by atoms with E-state index in [1.165, 1.54) is 19.2 Å². The number of benzene rings is 1. The highest BCUT2D eigenvalue weighted by molar-refractivity contribution is 7.89. The van der Waals surface area contributed by atoms with Crippen LogP contribution in [-0.4, -0.2) is 40.1 Å². The van der Waals surface area contributed by atoms with Gasteiger partial charge in [0.2, 0.25) is 10.0 Å². The Kier molecular flexibility index (Phi) is 6.42. The van der Waals surface area contributed by atoms with Crippen molar-refractivity contribution >= 4 is 15.9 Å². The molecule has 1 aromatic rings. The van der Waals surface area contributed by atoms with Gasteiger partial charge >= 0.3 is 0 Å². The lowest BCUT2D eigenvalue weighted by atomic mass is 10.0. The summed E-state index contributed by atoms with van der Waals surface area (Å²) in [6.07, 6.45) is 2.93. The van der Waals surface area contributed by atoms with Crippen LogP contribution in [0.3, 0.4) is 0 Å². The molecule has 1 aromatic carbocycles. The van der Waals surface area contributed by atoms with Crippen LogP contribution in [0.5, 0.6) is 5.75 Å². The van der Waals surface area contributed by atoms with Gasteiger partial charge in [0.25, 0.3) is 5.91 Å². The number of carbonyl (C=O) groups is 1. The first-order valence-electron chi connectivity index (χ1n) is 8.49. The van der Waals surface area contributed by atoms with Gasteiger partial charge in [-0.3, -0.25) is 4.79 Å². The maximum absolute atomic E-state index is 12.6. The van der Waals surface area contributed by atoms with Crippen LogP contribution < -0.4 is 20.5 Å². The SMILES string of the molecule is COc1ccc(C(=O)NC2CCCC2CN)cc1S(=O)(=O)NC(C)C. The first kappa shape index (κ1) is 19.7. The summed E-state index contributed by atoms with van der Waals surface area (Å²) in [6.45, 7) is 3.99. The van der Waals surface area contributed by atoms with Gasteiger partial charge in [-0.25, -0.2) is 13.1 Å². The van der Waals surface area contributed by atoms with Crippen molar-refractivity contribution < 1.29 is 17.9 Å². The molecule has 4 N–H and O–H groups in total. The zero-order valence-electron chi connectivity index (χ0n) is 14.9. The van der Waals surface area contributed by atoms with Gasteiger partial charge in [0.15, 0.2) is 0 Å². The number of hydrogen-bond acceptors (Lipinski definition) is 5. The third-order valence-electron chi connectivity index (χ3n) is 4.38. The molecule has 0 bridgehead atoms. The van der Waals surface area contributed by atoms with E-state index in [1.54, 1.807) is 19.9 Å². The Morgan fingerprint density at radius 1 is 1.36 bits per heavy atom. The fraction of sp³-hybridized carbons (Fsp3) is 0.588. The Morgan fingerprint density at radius 3 is 2.68 bits per heavy atom. The molecule has 1 fully saturated rings. The van der Waals surface area contributed by atoms with Crippen LogP contribution >= 0.6 is 0 Å². The normalized spacial score (nSPS) is 20.7. The van der Waals surface area contributed by atoms with Crippen LogP contribution in [0.4, 0.5) is 0 Å². The first-order valence-corrected chi connectivity index (χ1v) is 9.98. The molecule has 140 valence electrons. The molecule has 1 aliphatic carbocycles. The second kappa shape index (κ2) is 8.16. The van der Waals surface area contributed by atoms with Gasteiger partial charge in [0, 0.05) is 17.6 Å². The van der Waals surface area contributed by atoms with E-state index in [1.807, 2.05) is 0 Å². The molecule has 1 amide bonds. The summed E-state index contributed by atoms with van der Waals surface area (Å²) in [4.78, 5) is 12.5. The number of sulfonamides is 1. The maximum atomic E-state index is 12.6. The quantitative estimate of drug-likeness (QED) is 0.670. The third kappa shape index (κ3) is 4.71. The van der Waals surface area contributed by atoms with Crippen LogP contribution in [0.2, 0.25) is 0 Å². The van der Waals surface area contributed by atoms with Crippen molar-refractivity contribution in [2.45, 2.75) is 50.1 Å². The molecule has 0 aliphatic heterocycles. The molecule has 0 saturated heterocycles. The van der Waals surface area contributed by atoms with Crippen LogP contribution in [0, 0.1) is 5.92 Å². The Hall–Kier alpha value is -1.64. The highest BCUT2D eigenvalue weighted by Gasteiger charge is 2.28. The Bertz CT molecular complexity index is 719. The van der Waals surface area contributed by atoms with E-state index in [-0.39, 0.29) is 40.1 Å². The van der Waals surface area contributed by atoms with Crippen molar-refractivity contribution in [1.82, 2.24) is 10.0 Å². The second-order valence-corrected chi connectivity index (χ2v) is 8.33. The van der Waals surface area contributed by atoms with Crippen molar-refractivity contribution in [3.63, 3.8) is 0 Å². The van der Waals surface area contributed by atoms with Gasteiger partial charge in [-0.15, -0.1) is 0 Å². The van der Waals surface area contributed by atoms with Gasteiger partial charge in [-0.1, -0.05) is 6.42 Å². The molecule has 25 heavy (non-hydrogen) atoms. The summed E-state index contributed by atoms with van der Waals surface area (Å²) < 4.78 is 32.7. The fourth-order valence-electron chi connectivity index (χ4n) is 3.16. The summed E-state index contributed by atoms with van der Waals surface area (Å²) >= 11 is 0. The highest BCUT2D eigenvalue weighted by Crippen LogP contribution is 2.27. The van der Waals surface area contributed by atoms with E-state index in [2.05, 4.69) is 10.0 Å². The largest absolute Gasteiger partial charge is 0.495 e. The Balaban J connectivity index is 2.27. The highest BCUT2D eigenvalue weighted by atomic mass is 32.2. The van der Waals surface area contributed by atoms with Crippen molar-refractivity contribution in [3.05, 3.63) is 23.8 Å². The molecular formula is C17H27N3O4S. The fourth-order valence-corrected chi connectivity index (χ4v) is 4.61. The average molecular weight is 369 g/mol. The van der Waals surface area contributed by atoms with E-state index >= 15 is 0 Å². The van der Waals surface area contributed by atoms with E-state index in [4.69, 9.17) is 10.5 Å². The van der Waals surface area contributed by atoms with E-state index in [9.17, 15) is 13.2 Å². The van der Waals surface area contributed by atoms with Crippen molar-refractivity contribution in [2.75, 3.05) is 13.7 Å². The van der Waals surface area contributed by atoms with Gasteiger partial charge in [-0.2, -0.15) is 0 Å². The van der Waals surface area contributed by atoms with Crippen molar-refractivity contribution in [3.8, 4) is 5.75 Å². The van der Waals surface area contributed by atoms with Crippen LogP contribution in [0.25, 0.3) is 0 Å². The molecule has 7 nitrogen and oxygen atoms in total. The molecule has 0 spiro atoms. The average Bonchev–Trinajstić information content (AvgIpc) is 3.00. The zero-order chi connectivity index (χ0) is 18.6. The maximum Gasteiger partial charge on any atom is 0.251 e. The van der Waals surface area contributed by atoms with E-state index in [0.717, 1.165) is 19.3 Å². The molecule has 2 atom stereocenters. The van der Waals surface area contributed by atoms with Crippen LogP contribution in [0.1, 0.15) is 43.5 Å².